The Bertz CT molecular complexity index is 310. The topological polar surface area (TPSA) is 58.4 Å². The summed E-state index contributed by atoms with van der Waals surface area (Å²) in [7, 11) is 1.48. The average Bonchev–Trinajstić information content (AvgIpc) is 2.78. The van der Waals surface area contributed by atoms with Crippen LogP contribution in [0.1, 0.15) is 45.4 Å². The van der Waals surface area contributed by atoms with Gasteiger partial charge in [0.15, 0.2) is 0 Å². The van der Waals surface area contributed by atoms with Gasteiger partial charge in [0.1, 0.15) is 0 Å². The molecule has 0 atom stereocenters. The largest absolute Gasteiger partial charge is 0.349 e. The van der Waals surface area contributed by atoms with E-state index in [2.05, 4.69) is 28.2 Å². The van der Waals surface area contributed by atoms with Gasteiger partial charge in [-0.1, -0.05) is 24.5 Å². The standard InChI is InChI=1S/C12H23N3OS2/c1-11(6-8-15(18-17)9-7-11)14-10(16)12(13)4-2-3-5-12/h17H,2-9,13H2,1H3,(H,14,16). The Kier molecular flexibility index (Phi) is 4.52. The van der Waals surface area contributed by atoms with Crippen molar-refractivity contribution in [2.75, 3.05) is 13.1 Å². The van der Waals surface area contributed by atoms with Gasteiger partial charge in [0.2, 0.25) is 5.91 Å². The maximum atomic E-state index is 12.3. The van der Waals surface area contributed by atoms with E-state index < -0.39 is 5.54 Å². The zero-order valence-corrected chi connectivity index (χ0v) is 12.7. The van der Waals surface area contributed by atoms with Gasteiger partial charge in [-0.25, -0.2) is 4.31 Å². The minimum absolute atomic E-state index is 0.0504. The predicted octanol–water partition coefficient (Wildman–Crippen LogP) is 1.72. The second-order valence-corrected chi connectivity index (χ2v) is 7.06. The van der Waals surface area contributed by atoms with Gasteiger partial charge in [-0.05, 0) is 43.6 Å². The molecule has 0 bridgehead atoms. The Morgan fingerprint density at radius 3 is 2.33 bits per heavy atom. The molecular formula is C12H23N3OS2. The smallest absolute Gasteiger partial charge is 0.240 e. The van der Waals surface area contributed by atoms with E-state index in [1.807, 2.05) is 0 Å². The molecule has 3 N–H and O–H groups in total. The first-order valence-corrected chi connectivity index (χ1v) is 8.48. The van der Waals surface area contributed by atoms with Gasteiger partial charge in [0.25, 0.3) is 0 Å². The van der Waals surface area contributed by atoms with Crippen LogP contribution in [0.5, 0.6) is 0 Å². The fraction of sp³-hybridized carbons (Fsp3) is 0.917. The third kappa shape index (κ3) is 3.15. The van der Waals surface area contributed by atoms with Crippen LogP contribution in [-0.4, -0.2) is 34.4 Å². The Labute approximate surface area is 118 Å². The molecule has 1 heterocycles. The molecular weight excluding hydrogens is 266 g/mol. The van der Waals surface area contributed by atoms with Crippen LogP contribution < -0.4 is 11.1 Å². The van der Waals surface area contributed by atoms with Gasteiger partial charge in [0, 0.05) is 18.6 Å². The fourth-order valence-corrected chi connectivity index (χ4v) is 3.65. The van der Waals surface area contributed by atoms with Crippen LogP contribution in [0.2, 0.25) is 0 Å². The molecule has 0 aromatic heterocycles. The number of hydrogen-bond acceptors (Lipinski definition) is 5. The van der Waals surface area contributed by atoms with Crippen molar-refractivity contribution in [2.24, 2.45) is 5.73 Å². The number of amides is 1. The molecule has 2 rings (SSSR count). The van der Waals surface area contributed by atoms with Crippen LogP contribution in [0.3, 0.4) is 0 Å². The number of piperidine rings is 1. The lowest BCUT2D eigenvalue weighted by molar-refractivity contribution is -0.128. The minimum atomic E-state index is -0.613. The quantitative estimate of drug-likeness (QED) is 0.421. The summed E-state index contributed by atoms with van der Waals surface area (Å²) in [5, 5.41) is 3.20. The molecule has 104 valence electrons. The summed E-state index contributed by atoms with van der Waals surface area (Å²) in [5.41, 5.74) is 5.48. The van der Waals surface area contributed by atoms with Crippen LogP contribution in [-0.2, 0) is 4.79 Å². The molecule has 1 amide bonds. The first kappa shape index (κ1) is 14.5. The molecule has 0 aromatic carbocycles. The van der Waals surface area contributed by atoms with E-state index in [1.54, 1.807) is 0 Å². The van der Waals surface area contributed by atoms with E-state index in [0.717, 1.165) is 51.6 Å². The molecule has 6 heteroatoms. The maximum absolute atomic E-state index is 12.3. The monoisotopic (exact) mass is 289 g/mol. The van der Waals surface area contributed by atoms with Crippen LogP contribution in [0.4, 0.5) is 0 Å². The molecule has 2 aliphatic rings. The van der Waals surface area contributed by atoms with Crippen molar-refractivity contribution >= 4 is 28.5 Å². The summed E-state index contributed by atoms with van der Waals surface area (Å²) in [6.45, 7) is 4.05. The number of rotatable bonds is 3. The van der Waals surface area contributed by atoms with E-state index in [1.165, 1.54) is 11.0 Å². The first-order valence-electron chi connectivity index (χ1n) is 6.65. The van der Waals surface area contributed by atoms with Gasteiger partial charge < -0.3 is 11.1 Å². The van der Waals surface area contributed by atoms with E-state index >= 15 is 0 Å². The molecule has 0 aromatic rings. The number of carbonyl (C=O) groups is 1. The van der Waals surface area contributed by atoms with Crippen LogP contribution >= 0.6 is 22.6 Å². The van der Waals surface area contributed by atoms with E-state index in [9.17, 15) is 4.79 Å². The van der Waals surface area contributed by atoms with Crippen molar-refractivity contribution in [1.82, 2.24) is 9.62 Å². The zero-order valence-electron chi connectivity index (χ0n) is 10.9. The predicted molar refractivity (Wildman–Crippen MR) is 79.3 cm³/mol. The molecule has 0 radical (unpaired) electrons. The molecule has 2 fully saturated rings. The Balaban J connectivity index is 1.90. The van der Waals surface area contributed by atoms with Crippen molar-refractivity contribution in [3.8, 4) is 0 Å². The molecule has 1 aliphatic carbocycles. The van der Waals surface area contributed by atoms with Crippen LogP contribution in [0.25, 0.3) is 0 Å². The highest BCUT2D eigenvalue weighted by atomic mass is 33.1. The van der Waals surface area contributed by atoms with E-state index in [0.29, 0.717) is 0 Å². The fourth-order valence-electron chi connectivity index (χ4n) is 2.82. The van der Waals surface area contributed by atoms with E-state index in [-0.39, 0.29) is 11.4 Å². The highest BCUT2D eigenvalue weighted by molar-refractivity contribution is 8.67. The third-order valence-corrected chi connectivity index (χ3v) is 5.59. The van der Waals surface area contributed by atoms with Crippen LogP contribution in [0, 0.1) is 0 Å². The van der Waals surface area contributed by atoms with Gasteiger partial charge in [-0.3, -0.25) is 4.79 Å². The summed E-state index contributed by atoms with van der Waals surface area (Å²) in [4.78, 5) is 12.3. The van der Waals surface area contributed by atoms with Gasteiger partial charge in [-0.2, -0.15) is 0 Å². The first-order chi connectivity index (χ1) is 8.47. The SMILES string of the molecule is CC1(NC(=O)C2(N)CCCC2)CCN(SS)CC1. The van der Waals surface area contributed by atoms with Crippen LogP contribution in [0.15, 0.2) is 0 Å². The number of nitrogens with one attached hydrogen (secondary N) is 1. The van der Waals surface area contributed by atoms with Gasteiger partial charge in [0.05, 0.1) is 5.54 Å². The molecule has 1 saturated carbocycles. The summed E-state index contributed by atoms with van der Waals surface area (Å²) in [6.07, 6.45) is 5.72. The molecule has 4 nitrogen and oxygen atoms in total. The highest BCUT2D eigenvalue weighted by Crippen LogP contribution is 2.31. The van der Waals surface area contributed by atoms with Gasteiger partial charge >= 0.3 is 0 Å². The summed E-state index contributed by atoms with van der Waals surface area (Å²) < 4.78 is 2.21. The Morgan fingerprint density at radius 2 is 1.83 bits per heavy atom. The molecule has 1 aliphatic heterocycles. The average molecular weight is 289 g/mol. The lowest BCUT2D eigenvalue weighted by Gasteiger charge is -2.40. The Morgan fingerprint density at radius 1 is 1.28 bits per heavy atom. The van der Waals surface area contributed by atoms with Crippen molar-refractivity contribution in [3.63, 3.8) is 0 Å². The number of nitrogens with two attached hydrogens (primary N) is 1. The van der Waals surface area contributed by atoms with Crippen molar-refractivity contribution in [3.05, 3.63) is 0 Å². The minimum Gasteiger partial charge on any atom is -0.349 e. The summed E-state index contributed by atoms with van der Waals surface area (Å²) >= 11 is 4.21. The van der Waals surface area contributed by atoms with Crippen molar-refractivity contribution < 1.29 is 4.79 Å². The molecule has 0 unspecified atom stereocenters. The molecule has 1 saturated heterocycles. The second kappa shape index (κ2) is 5.61. The number of nitrogens with zero attached hydrogens (tertiary/aromatic N) is 1. The third-order valence-electron chi connectivity index (χ3n) is 4.30. The highest BCUT2D eigenvalue weighted by Gasteiger charge is 2.41. The lowest BCUT2D eigenvalue weighted by atomic mass is 9.88. The zero-order chi connectivity index (χ0) is 13.2. The summed E-state index contributed by atoms with van der Waals surface area (Å²) in [6, 6.07) is 0. The van der Waals surface area contributed by atoms with E-state index in [4.69, 9.17) is 5.73 Å². The molecule has 0 spiro atoms. The number of carbonyl (C=O) groups excluding carboxylic acids is 1. The second-order valence-electron chi connectivity index (χ2n) is 5.89. The summed E-state index contributed by atoms with van der Waals surface area (Å²) in [5.74, 6) is 0.0504. The lowest BCUT2D eigenvalue weighted by Crippen LogP contribution is -2.60. The maximum Gasteiger partial charge on any atom is 0.240 e. The normalized spacial score (nSPS) is 27.1. The van der Waals surface area contributed by atoms with Crippen molar-refractivity contribution in [1.29, 1.82) is 0 Å². The van der Waals surface area contributed by atoms with Gasteiger partial charge in [-0.15, -0.1) is 0 Å². The number of hydrogen-bond donors (Lipinski definition) is 3. The van der Waals surface area contributed by atoms with Crippen molar-refractivity contribution in [2.45, 2.75) is 56.5 Å². The Hall–Kier alpha value is 0.0900. The number of thiol groups is 1. The molecule has 18 heavy (non-hydrogen) atoms.